The van der Waals surface area contributed by atoms with Gasteiger partial charge in [-0.2, -0.15) is 0 Å². The number of hydrogen-bond donors (Lipinski definition) is 0. The molecule has 7 aromatic carbocycles. The molecule has 1 aliphatic carbocycles. The molecule has 1 atom stereocenters. The van der Waals surface area contributed by atoms with Crippen LogP contribution in [0.4, 0.5) is 28.7 Å². The van der Waals surface area contributed by atoms with Gasteiger partial charge < -0.3 is 4.90 Å². The molecule has 248 valence electrons. The smallest absolute Gasteiger partial charge is 0.137 e. The van der Waals surface area contributed by atoms with Crippen LogP contribution in [0.15, 0.2) is 158 Å². The lowest BCUT2D eigenvalue weighted by Gasteiger charge is -2.36. The molecular weight excluding hydrogens is 633 g/mol. The SMILES string of the molecule is Cc1cc(N(c2ccccn2)c2cccc3ccccc23)c2ccc3c(C)cc(N(c4ccccn4)C4CC=Cc5ccccc54)c4ccc1c2c34. The van der Waals surface area contributed by atoms with E-state index in [2.05, 4.69) is 163 Å². The first-order valence-electron chi connectivity index (χ1n) is 18.0. The van der Waals surface area contributed by atoms with Crippen molar-refractivity contribution in [3.63, 3.8) is 0 Å². The number of pyridine rings is 2. The van der Waals surface area contributed by atoms with Gasteiger partial charge in [0.2, 0.25) is 0 Å². The van der Waals surface area contributed by atoms with Gasteiger partial charge in [0.05, 0.1) is 23.1 Å². The van der Waals surface area contributed by atoms with E-state index in [1.54, 1.807) is 0 Å². The van der Waals surface area contributed by atoms with Gasteiger partial charge in [0, 0.05) is 28.6 Å². The van der Waals surface area contributed by atoms with E-state index in [0.717, 1.165) is 29.4 Å². The number of aromatic nitrogens is 2. The molecule has 0 fully saturated rings. The van der Waals surface area contributed by atoms with E-state index in [-0.39, 0.29) is 6.04 Å². The lowest BCUT2D eigenvalue weighted by molar-refractivity contribution is 0.696. The summed E-state index contributed by atoms with van der Waals surface area (Å²) < 4.78 is 0. The molecule has 0 saturated carbocycles. The first-order valence-corrected chi connectivity index (χ1v) is 18.0. The minimum absolute atomic E-state index is 0.0947. The molecule has 1 unspecified atom stereocenters. The molecule has 9 aromatic rings. The van der Waals surface area contributed by atoms with Crippen molar-refractivity contribution in [3.05, 3.63) is 180 Å². The third-order valence-corrected chi connectivity index (χ3v) is 10.9. The zero-order valence-electron chi connectivity index (χ0n) is 29.2. The summed E-state index contributed by atoms with van der Waals surface area (Å²) in [5.74, 6) is 1.83. The Balaban J connectivity index is 1.28. The highest BCUT2D eigenvalue weighted by Crippen LogP contribution is 2.50. The minimum Gasteiger partial charge on any atom is -0.318 e. The van der Waals surface area contributed by atoms with Crippen LogP contribution in [0.3, 0.4) is 0 Å². The van der Waals surface area contributed by atoms with Crippen molar-refractivity contribution in [2.24, 2.45) is 0 Å². The average molecular weight is 669 g/mol. The summed E-state index contributed by atoms with van der Waals surface area (Å²) in [6.07, 6.45) is 9.25. The minimum atomic E-state index is 0.0947. The first kappa shape index (κ1) is 30.3. The monoisotopic (exact) mass is 668 g/mol. The van der Waals surface area contributed by atoms with Crippen molar-refractivity contribution in [1.29, 1.82) is 0 Å². The van der Waals surface area contributed by atoms with E-state index in [1.807, 2.05) is 24.5 Å². The number of aryl methyl sites for hydroxylation is 2. The van der Waals surface area contributed by atoms with Gasteiger partial charge in [0.1, 0.15) is 11.6 Å². The fourth-order valence-corrected chi connectivity index (χ4v) is 8.56. The molecule has 0 aliphatic heterocycles. The number of fused-ring (bicyclic) bond motifs is 2. The number of hydrogen-bond acceptors (Lipinski definition) is 4. The van der Waals surface area contributed by atoms with E-state index in [9.17, 15) is 0 Å². The third kappa shape index (κ3) is 4.68. The first-order chi connectivity index (χ1) is 25.7. The number of nitrogens with zero attached hydrogens (tertiary/aromatic N) is 4. The Morgan fingerprint density at radius 2 is 1.13 bits per heavy atom. The fraction of sp³-hybridized carbons (Fsp3) is 0.0833. The van der Waals surface area contributed by atoms with Crippen LogP contribution in [0.2, 0.25) is 0 Å². The zero-order chi connectivity index (χ0) is 34.8. The lowest BCUT2D eigenvalue weighted by Crippen LogP contribution is -2.26. The summed E-state index contributed by atoms with van der Waals surface area (Å²) in [6, 6.07) is 50.5. The summed E-state index contributed by atoms with van der Waals surface area (Å²) in [6.45, 7) is 4.50. The molecule has 0 saturated heterocycles. The van der Waals surface area contributed by atoms with Gasteiger partial charge in [-0.3, -0.25) is 4.90 Å². The molecule has 0 radical (unpaired) electrons. The van der Waals surface area contributed by atoms with E-state index < -0.39 is 0 Å². The van der Waals surface area contributed by atoms with E-state index in [0.29, 0.717) is 0 Å². The quantitative estimate of drug-likeness (QED) is 0.165. The third-order valence-electron chi connectivity index (χ3n) is 10.9. The van der Waals surface area contributed by atoms with Gasteiger partial charge in [-0.05, 0) is 112 Å². The Morgan fingerprint density at radius 1 is 0.519 bits per heavy atom. The predicted molar refractivity (Wildman–Crippen MR) is 219 cm³/mol. The van der Waals surface area contributed by atoms with Gasteiger partial charge in [-0.25, -0.2) is 9.97 Å². The number of anilines is 5. The second-order valence-corrected chi connectivity index (χ2v) is 13.9. The molecular formula is C48H36N4. The van der Waals surface area contributed by atoms with Crippen LogP contribution in [0, 0.1) is 13.8 Å². The molecule has 2 heterocycles. The fourth-order valence-electron chi connectivity index (χ4n) is 8.56. The number of rotatable bonds is 6. The maximum atomic E-state index is 4.97. The summed E-state index contributed by atoms with van der Waals surface area (Å²) in [4.78, 5) is 14.7. The zero-order valence-corrected chi connectivity index (χ0v) is 29.2. The lowest BCUT2D eigenvalue weighted by atomic mass is 9.87. The number of benzene rings is 7. The molecule has 0 bridgehead atoms. The van der Waals surface area contributed by atoms with Gasteiger partial charge in [-0.1, -0.05) is 109 Å². The van der Waals surface area contributed by atoms with Gasteiger partial charge in [0.25, 0.3) is 0 Å². The molecule has 4 nitrogen and oxygen atoms in total. The molecule has 0 amide bonds. The van der Waals surface area contributed by atoms with Crippen LogP contribution in [-0.4, -0.2) is 9.97 Å². The highest BCUT2D eigenvalue weighted by atomic mass is 15.2. The van der Waals surface area contributed by atoms with Gasteiger partial charge in [-0.15, -0.1) is 0 Å². The van der Waals surface area contributed by atoms with Crippen LogP contribution < -0.4 is 9.80 Å². The van der Waals surface area contributed by atoms with E-state index in [1.165, 1.54) is 71.0 Å². The molecule has 4 heteroatoms. The Labute approximate surface area is 303 Å². The van der Waals surface area contributed by atoms with Crippen molar-refractivity contribution >= 4 is 77.9 Å². The largest absolute Gasteiger partial charge is 0.318 e. The summed E-state index contributed by atoms with van der Waals surface area (Å²) >= 11 is 0. The standard InChI is InChI=1S/C48H36N4/c1-31-29-43(51(45-21-7-9-27-49-45)41-19-11-15-33-13-3-5-17-37(33)41)39-26-24-36-32(2)30-44(40-25-23-35(31)47(39)48(36)40)52(46-22-8-10-28-50-46)42-20-12-16-34-14-4-6-18-38(34)42/h3-19,21-30,42H,20H2,1-2H3. The molecule has 2 aromatic heterocycles. The second kappa shape index (κ2) is 12.1. The van der Waals surface area contributed by atoms with E-state index >= 15 is 0 Å². The van der Waals surface area contributed by atoms with Crippen LogP contribution in [0.1, 0.15) is 34.7 Å². The maximum Gasteiger partial charge on any atom is 0.137 e. The molecule has 0 spiro atoms. The maximum absolute atomic E-state index is 4.97. The van der Waals surface area contributed by atoms with Crippen LogP contribution in [0.25, 0.3) is 49.2 Å². The van der Waals surface area contributed by atoms with Crippen molar-refractivity contribution in [3.8, 4) is 0 Å². The Morgan fingerprint density at radius 3 is 1.88 bits per heavy atom. The van der Waals surface area contributed by atoms with E-state index in [4.69, 9.17) is 9.97 Å². The van der Waals surface area contributed by atoms with Gasteiger partial charge >= 0.3 is 0 Å². The normalized spacial score (nSPS) is 14.0. The Bertz CT molecular complexity index is 2800. The Hall–Kier alpha value is -6.52. The van der Waals surface area contributed by atoms with Crippen molar-refractivity contribution < 1.29 is 0 Å². The average Bonchev–Trinajstić information content (AvgIpc) is 3.20. The van der Waals surface area contributed by atoms with Crippen LogP contribution >= 0.6 is 0 Å². The molecule has 52 heavy (non-hydrogen) atoms. The Kier molecular flexibility index (Phi) is 7.03. The topological polar surface area (TPSA) is 32.3 Å². The van der Waals surface area contributed by atoms with Crippen molar-refractivity contribution in [2.75, 3.05) is 9.80 Å². The molecule has 0 N–H and O–H groups in total. The van der Waals surface area contributed by atoms with Crippen molar-refractivity contribution in [2.45, 2.75) is 26.3 Å². The molecule has 1 aliphatic rings. The predicted octanol–water partition coefficient (Wildman–Crippen LogP) is 12.9. The second-order valence-electron chi connectivity index (χ2n) is 13.9. The summed E-state index contributed by atoms with van der Waals surface area (Å²) in [5, 5.41) is 9.91. The van der Waals surface area contributed by atoms with Gasteiger partial charge in [0.15, 0.2) is 0 Å². The van der Waals surface area contributed by atoms with Crippen LogP contribution in [-0.2, 0) is 0 Å². The van der Waals surface area contributed by atoms with Crippen molar-refractivity contribution in [1.82, 2.24) is 9.97 Å². The summed E-state index contributed by atoms with van der Waals surface area (Å²) in [5.41, 5.74) is 8.45. The highest BCUT2D eigenvalue weighted by Gasteiger charge is 2.29. The van der Waals surface area contributed by atoms with Crippen LogP contribution in [0.5, 0.6) is 0 Å². The summed E-state index contributed by atoms with van der Waals surface area (Å²) in [7, 11) is 0. The highest BCUT2D eigenvalue weighted by molar-refractivity contribution is 6.29. The molecule has 10 rings (SSSR count).